The quantitative estimate of drug-likeness (QED) is 0.619. The van der Waals surface area contributed by atoms with E-state index in [4.69, 9.17) is 0 Å². The Morgan fingerprint density at radius 3 is 2.68 bits per heavy atom. The molecule has 1 N–H and O–H groups in total. The number of hydrogen-bond acceptors (Lipinski definition) is 3. The SMILES string of the molecule is Cc1c(C(=O)Nc2cccc3ncccc23)cnn1-c1ccccc1. The molecule has 0 aliphatic rings. The molecule has 1 amide bonds. The number of hydrogen-bond donors (Lipinski definition) is 1. The molecular formula is C20H16N4O. The monoisotopic (exact) mass is 328 g/mol. The van der Waals surface area contributed by atoms with Crippen molar-refractivity contribution in [2.75, 3.05) is 5.32 Å². The van der Waals surface area contributed by atoms with Crippen LogP contribution in [-0.4, -0.2) is 20.7 Å². The van der Waals surface area contributed by atoms with Gasteiger partial charge >= 0.3 is 0 Å². The highest BCUT2D eigenvalue weighted by atomic mass is 16.1. The number of pyridine rings is 1. The van der Waals surface area contributed by atoms with Gasteiger partial charge in [-0.3, -0.25) is 9.78 Å². The van der Waals surface area contributed by atoms with Crippen LogP contribution in [0, 0.1) is 6.92 Å². The molecule has 0 aliphatic heterocycles. The molecule has 0 fully saturated rings. The highest BCUT2D eigenvalue weighted by Crippen LogP contribution is 2.23. The second-order valence-electron chi connectivity index (χ2n) is 5.72. The topological polar surface area (TPSA) is 59.8 Å². The van der Waals surface area contributed by atoms with Crippen molar-refractivity contribution in [2.45, 2.75) is 6.92 Å². The minimum atomic E-state index is -0.184. The second-order valence-corrected chi connectivity index (χ2v) is 5.72. The van der Waals surface area contributed by atoms with E-state index in [-0.39, 0.29) is 5.91 Å². The average Bonchev–Trinajstić information content (AvgIpc) is 3.04. The van der Waals surface area contributed by atoms with Gasteiger partial charge in [-0.2, -0.15) is 5.10 Å². The van der Waals surface area contributed by atoms with Gasteiger partial charge in [0.05, 0.1) is 34.3 Å². The van der Waals surface area contributed by atoms with Crippen molar-refractivity contribution >= 4 is 22.5 Å². The van der Waals surface area contributed by atoms with Crippen LogP contribution in [0.2, 0.25) is 0 Å². The van der Waals surface area contributed by atoms with E-state index >= 15 is 0 Å². The lowest BCUT2D eigenvalue weighted by Gasteiger charge is -2.08. The number of amides is 1. The van der Waals surface area contributed by atoms with E-state index < -0.39 is 0 Å². The molecule has 122 valence electrons. The first-order valence-electron chi connectivity index (χ1n) is 7.99. The van der Waals surface area contributed by atoms with Crippen LogP contribution in [-0.2, 0) is 0 Å². The Morgan fingerprint density at radius 1 is 1.00 bits per heavy atom. The maximum Gasteiger partial charge on any atom is 0.259 e. The third kappa shape index (κ3) is 2.76. The van der Waals surface area contributed by atoms with Crippen LogP contribution < -0.4 is 5.32 Å². The Hall–Kier alpha value is -3.47. The predicted molar refractivity (Wildman–Crippen MR) is 98.0 cm³/mol. The molecule has 5 heteroatoms. The van der Waals surface area contributed by atoms with Gasteiger partial charge < -0.3 is 5.32 Å². The normalized spacial score (nSPS) is 10.8. The summed E-state index contributed by atoms with van der Waals surface area (Å²) in [5.41, 5.74) is 3.85. The number of rotatable bonds is 3. The van der Waals surface area contributed by atoms with Gasteiger partial charge in [0.2, 0.25) is 0 Å². The molecule has 0 bridgehead atoms. The lowest BCUT2D eigenvalue weighted by molar-refractivity contribution is 0.102. The largest absolute Gasteiger partial charge is 0.321 e. The first kappa shape index (κ1) is 15.1. The molecule has 25 heavy (non-hydrogen) atoms. The van der Waals surface area contributed by atoms with Gasteiger partial charge in [0, 0.05) is 11.6 Å². The minimum Gasteiger partial charge on any atom is -0.321 e. The molecule has 0 radical (unpaired) electrons. The van der Waals surface area contributed by atoms with Crippen LogP contribution in [0.4, 0.5) is 5.69 Å². The molecule has 0 atom stereocenters. The fraction of sp³-hybridized carbons (Fsp3) is 0.0500. The van der Waals surface area contributed by atoms with Crippen LogP contribution in [0.25, 0.3) is 16.6 Å². The molecule has 0 spiro atoms. The Labute approximate surface area is 144 Å². The van der Waals surface area contributed by atoms with Gasteiger partial charge in [-0.05, 0) is 43.3 Å². The van der Waals surface area contributed by atoms with Crippen molar-refractivity contribution in [2.24, 2.45) is 0 Å². The summed E-state index contributed by atoms with van der Waals surface area (Å²) in [6.07, 6.45) is 3.34. The number of anilines is 1. The van der Waals surface area contributed by atoms with E-state index in [1.165, 1.54) is 0 Å². The third-order valence-corrected chi connectivity index (χ3v) is 4.15. The zero-order valence-electron chi connectivity index (χ0n) is 13.7. The van der Waals surface area contributed by atoms with Gasteiger partial charge in [-0.1, -0.05) is 24.3 Å². The third-order valence-electron chi connectivity index (χ3n) is 4.15. The first-order chi connectivity index (χ1) is 12.2. The summed E-state index contributed by atoms with van der Waals surface area (Å²) >= 11 is 0. The molecule has 0 aliphatic carbocycles. The molecule has 0 saturated carbocycles. The van der Waals surface area contributed by atoms with Crippen molar-refractivity contribution in [3.8, 4) is 5.69 Å². The van der Waals surface area contributed by atoms with E-state index in [9.17, 15) is 4.79 Å². The number of nitrogens with one attached hydrogen (secondary N) is 1. The van der Waals surface area contributed by atoms with Crippen LogP contribution in [0.5, 0.6) is 0 Å². The molecule has 2 aromatic carbocycles. The van der Waals surface area contributed by atoms with E-state index in [0.29, 0.717) is 5.56 Å². The van der Waals surface area contributed by atoms with Gasteiger partial charge in [-0.15, -0.1) is 0 Å². The molecule has 5 nitrogen and oxygen atoms in total. The molecule has 2 heterocycles. The van der Waals surface area contributed by atoms with Crippen molar-refractivity contribution in [3.63, 3.8) is 0 Å². The van der Waals surface area contributed by atoms with Crippen LogP contribution in [0.1, 0.15) is 16.1 Å². The van der Waals surface area contributed by atoms with Crippen molar-refractivity contribution in [3.05, 3.63) is 84.3 Å². The number of benzene rings is 2. The van der Waals surface area contributed by atoms with Gasteiger partial charge in [0.15, 0.2) is 0 Å². The molecule has 0 saturated heterocycles. The van der Waals surface area contributed by atoms with Crippen molar-refractivity contribution in [1.82, 2.24) is 14.8 Å². The number of para-hydroxylation sites is 1. The average molecular weight is 328 g/mol. The number of carbonyl (C=O) groups is 1. The van der Waals surface area contributed by atoms with Gasteiger partial charge in [0.1, 0.15) is 0 Å². The van der Waals surface area contributed by atoms with Crippen LogP contribution in [0.3, 0.4) is 0 Å². The molecule has 0 unspecified atom stereocenters. The minimum absolute atomic E-state index is 0.184. The maximum atomic E-state index is 12.7. The lowest BCUT2D eigenvalue weighted by Crippen LogP contribution is -2.13. The van der Waals surface area contributed by atoms with Gasteiger partial charge in [0.25, 0.3) is 5.91 Å². The van der Waals surface area contributed by atoms with Gasteiger partial charge in [-0.25, -0.2) is 4.68 Å². The lowest BCUT2D eigenvalue weighted by atomic mass is 10.1. The number of fused-ring (bicyclic) bond motifs is 1. The Balaban J connectivity index is 1.67. The predicted octanol–water partition coefficient (Wildman–Crippen LogP) is 3.98. The summed E-state index contributed by atoms with van der Waals surface area (Å²) < 4.78 is 1.76. The summed E-state index contributed by atoms with van der Waals surface area (Å²) in [4.78, 5) is 17.1. The zero-order chi connectivity index (χ0) is 17.2. The van der Waals surface area contributed by atoms with E-state index in [0.717, 1.165) is 28.0 Å². The fourth-order valence-corrected chi connectivity index (χ4v) is 2.86. The maximum absolute atomic E-state index is 12.7. The van der Waals surface area contributed by atoms with E-state index in [1.807, 2.05) is 67.6 Å². The molecule has 2 aromatic heterocycles. The van der Waals surface area contributed by atoms with Crippen molar-refractivity contribution < 1.29 is 4.79 Å². The highest BCUT2D eigenvalue weighted by molar-refractivity contribution is 6.09. The zero-order valence-corrected chi connectivity index (χ0v) is 13.7. The summed E-state index contributed by atoms with van der Waals surface area (Å²) in [6.45, 7) is 1.89. The Bertz CT molecular complexity index is 1050. The summed E-state index contributed by atoms with van der Waals surface area (Å²) in [7, 11) is 0. The second kappa shape index (κ2) is 6.20. The molecule has 4 rings (SSSR count). The summed E-state index contributed by atoms with van der Waals surface area (Å²) in [6, 6.07) is 19.2. The fourth-order valence-electron chi connectivity index (χ4n) is 2.86. The van der Waals surface area contributed by atoms with Crippen molar-refractivity contribution in [1.29, 1.82) is 0 Å². The first-order valence-corrected chi connectivity index (χ1v) is 7.99. The number of nitrogens with zero attached hydrogens (tertiary/aromatic N) is 3. The molecular weight excluding hydrogens is 312 g/mol. The summed E-state index contributed by atoms with van der Waals surface area (Å²) in [5.74, 6) is -0.184. The Morgan fingerprint density at radius 2 is 1.84 bits per heavy atom. The van der Waals surface area contributed by atoms with Crippen LogP contribution in [0.15, 0.2) is 73.1 Å². The number of aromatic nitrogens is 3. The summed E-state index contributed by atoms with van der Waals surface area (Å²) in [5, 5.41) is 8.24. The smallest absolute Gasteiger partial charge is 0.259 e. The standard InChI is InChI=1S/C20H16N4O/c1-14-17(13-22-24(14)15-7-3-2-4-8-15)20(25)23-19-11-5-10-18-16(19)9-6-12-21-18/h2-13H,1H3,(H,23,25). The van der Waals surface area contributed by atoms with E-state index in [1.54, 1.807) is 17.1 Å². The van der Waals surface area contributed by atoms with E-state index in [2.05, 4.69) is 15.4 Å². The molecule has 4 aromatic rings. The highest BCUT2D eigenvalue weighted by Gasteiger charge is 2.16. The number of carbonyl (C=O) groups excluding carboxylic acids is 1. The van der Waals surface area contributed by atoms with Crippen LogP contribution >= 0.6 is 0 Å². The Kier molecular flexibility index (Phi) is 3.74.